The van der Waals surface area contributed by atoms with Crippen molar-refractivity contribution in [2.75, 3.05) is 13.1 Å². The highest BCUT2D eigenvalue weighted by Crippen LogP contribution is 2.16. The van der Waals surface area contributed by atoms with Crippen molar-refractivity contribution in [3.63, 3.8) is 0 Å². The van der Waals surface area contributed by atoms with Crippen molar-refractivity contribution in [3.05, 3.63) is 72.4 Å². The third kappa shape index (κ3) is 4.75. The fourth-order valence-corrected chi connectivity index (χ4v) is 2.70. The summed E-state index contributed by atoms with van der Waals surface area (Å²) in [6.45, 7) is 5.67. The van der Waals surface area contributed by atoms with E-state index in [1.807, 2.05) is 41.2 Å². The maximum absolute atomic E-state index is 5.36. The van der Waals surface area contributed by atoms with Gasteiger partial charge in [-0.15, -0.1) is 0 Å². The lowest BCUT2D eigenvalue weighted by Gasteiger charge is -2.19. The molecule has 2 aromatic heterocycles. The first kappa shape index (κ1) is 17.8. The van der Waals surface area contributed by atoms with E-state index >= 15 is 0 Å². The molecule has 26 heavy (non-hydrogen) atoms. The molecule has 6 heteroatoms. The van der Waals surface area contributed by atoms with Crippen LogP contribution in [0.25, 0.3) is 5.69 Å². The Hall–Kier alpha value is -3.02. The van der Waals surface area contributed by atoms with Crippen molar-refractivity contribution in [2.45, 2.75) is 26.3 Å². The van der Waals surface area contributed by atoms with Crippen LogP contribution in [-0.4, -0.2) is 28.8 Å². The second kappa shape index (κ2) is 8.89. The van der Waals surface area contributed by atoms with Gasteiger partial charge in [0.15, 0.2) is 5.96 Å². The summed E-state index contributed by atoms with van der Waals surface area (Å²) in [5.41, 5.74) is 2.22. The molecule has 0 saturated heterocycles. The van der Waals surface area contributed by atoms with Crippen molar-refractivity contribution < 1.29 is 4.42 Å². The lowest BCUT2D eigenvalue weighted by molar-refractivity contribution is 0.510. The zero-order valence-electron chi connectivity index (χ0n) is 15.2. The highest BCUT2D eigenvalue weighted by atomic mass is 16.3. The lowest BCUT2D eigenvalue weighted by Crippen LogP contribution is -2.38. The molecule has 0 aliphatic carbocycles. The molecule has 0 aliphatic rings. The average molecular weight is 351 g/mol. The monoisotopic (exact) mass is 351 g/mol. The largest absolute Gasteiger partial charge is 0.469 e. The standard InChI is InChI=1S/C20H25N5O/c1-3-21-20(22-12-10-19-9-5-14-26-19)24-16(2)17-7-4-8-18(15-17)25-13-6-11-23-25/h4-9,11,13-16H,3,10,12H2,1-2H3,(H2,21,22,24). The Bertz CT molecular complexity index is 809. The van der Waals surface area contributed by atoms with Crippen LogP contribution in [0.4, 0.5) is 0 Å². The molecule has 0 aliphatic heterocycles. The molecule has 0 spiro atoms. The van der Waals surface area contributed by atoms with Crippen LogP contribution < -0.4 is 10.6 Å². The van der Waals surface area contributed by atoms with Gasteiger partial charge >= 0.3 is 0 Å². The van der Waals surface area contributed by atoms with Crippen LogP contribution in [0.3, 0.4) is 0 Å². The molecule has 6 nitrogen and oxygen atoms in total. The number of guanidine groups is 1. The summed E-state index contributed by atoms with van der Waals surface area (Å²) in [6.07, 6.45) is 6.20. The normalized spacial score (nSPS) is 12.8. The van der Waals surface area contributed by atoms with Crippen molar-refractivity contribution in [3.8, 4) is 5.69 Å². The maximum atomic E-state index is 5.36. The summed E-state index contributed by atoms with van der Waals surface area (Å²) in [5, 5.41) is 11.1. The minimum Gasteiger partial charge on any atom is -0.469 e. The van der Waals surface area contributed by atoms with Crippen LogP contribution in [0, 0.1) is 0 Å². The Morgan fingerprint density at radius 1 is 1.27 bits per heavy atom. The van der Waals surface area contributed by atoms with Crippen LogP contribution in [0.5, 0.6) is 0 Å². The molecular formula is C20H25N5O. The van der Waals surface area contributed by atoms with E-state index < -0.39 is 0 Å². The van der Waals surface area contributed by atoms with Crippen molar-refractivity contribution >= 4 is 5.96 Å². The van der Waals surface area contributed by atoms with E-state index in [4.69, 9.17) is 4.42 Å². The van der Waals surface area contributed by atoms with Gasteiger partial charge in [0.2, 0.25) is 0 Å². The maximum Gasteiger partial charge on any atom is 0.191 e. The van der Waals surface area contributed by atoms with Crippen LogP contribution in [0.1, 0.15) is 31.2 Å². The van der Waals surface area contributed by atoms with E-state index in [1.165, 1.54) is 5.56 Å². The summed E-state index contributed by atoms with van der Waals surface area (Å²) in [4.78, 5) is 4.64. The van der Waals surface area contributed by atoms with Gasteiger partial charge in [0, 0.05) is 31.9 Å². The molecular weight excluding hydrogens is 326 g/mol. The first-order chi connectivity index (χ1) is 12.8. The second-order valence-electron chi connectivity index (χ2n) is 6.00. The number of aromatic nitrogens is 2. The van der Waals surface area contributed by atoms with Gasteiger partial charge in [0.1, 0.15) is 5.76 Å². The predicted octanol–water partition coefficient (Wildman–Crippen LogP) is 3.32. The SMILES string of the molecule is CCNC(=NCCc1ccco1)NC(C)c1cccc(-n2cccn2)c1. The first-order valence-electron chi connectivity index (χ1n) is 8.93. The van der Waals surface area contributed by atoms with Crippen LogP contribution >= 0.6 is 0 Å². The zero-order chi connectivity index (χ0) is 18.2. The number of benzene rings is 1. The fraction of sp³-hybridized carbons (Fsp3) is 0.300. The molecule has 0 saturated carbocycles. The first-order valence-corrected chi connectivity index (χ1v) is 8.93. The van der Waals surface area contributed by atoms with E-state index in [9.17, 15) is 0 Å². The summed E-state index contributed by atoms with van der Waals surface area (Å²) in [7, 11) is 0. The molecule has 2 heterocycles. The number of aliphatic imine (C=N–C) groups is 1. The molecule has 136 valence electrons. The smallest absolute Gasteiger partial charge is 0.191 e. The molecule has 2 N–H and O–H groups in total. The average Bonchev–Trinajstić information content (AvgIpc) is 3.36. The van der Waals surface area contributed by atoms with E-state index in [2.05, 4.69) is 46.7 Å². The van der Waals surface area contributed by atoms with Gasteiger partial charge in [-0.3, -0.25) is 4.99 Å². The van der Waals surface area contributed by atoms with Gasteiger partial charge < -0.3 is 15.1 Å². The number of hydrogen-bond acceptors (Lipinski definition) is 3. The van der Waals surface area contributed by atoms with Crippen molar-refractivity contribution in [1.29, 1.82) is 0 Å². The van der Waals surface area contributed by atoms with E-state index in [1.54, 1.807) is 12.5 Å². The molecule has 1 unspecified atom stereocenters. The molecule has 0 fully saturated rings. The molecule has 0 bridgehead atoms. The van der Waals surface area contributed by atoms with Crippen molar-refractivity contribution in [2.24, 2.45) is 4.99 Å². The van der Waals surface area contributed by atoms with Gasteiger partial charge in [-0.25, -0.2) is 4.68 Å². The number of nitrogens with one attached hydrogen (secondary N) is 2. The third-order valence-electron chi connectivity index (χ3n) is 4.04. The second-order valence-corrected chi connectivity index (χ2v) is 6.00. The zero-order valence-corrected chi connectivity index (χ0v) is 15.2. The summed E-state index contributed by atoms with van der Waals surface area (Å²) >= 11 is 0. The quantitative estimate of drug-likeness (QED) is 0.506. The molecule has 3 aromatic rings. The highest BCUT2D eigenvalue weighted by Gasteiger charge is 2.09. The van der Waals surface area contributed by atoms with Crippen LogP contribution in [0.2, 0.25) is 0 Å². The lowest BCUT2D eigenvalue weighted by atomic mass is 10.1. The topological polar surface area (TPSA) is 67.4 Å². The fourth-order valence-electron chi connectivity index (χ4n) is 2.70. The number of furan rings is 1. The number of nitrogens with zero attached hydrogens (tertiary/aromatic N) is 3. The Balaban J connectivity index is 1.65. The van der Waals surface area contributed by atoms with Gasteiger partial charge in [-0.1, -0.05) is 12.1 Å². The van der Waals surface area contributed by atoms with Gasteiger partial charge in [0.05, 0.1) is 18.0 Å². The Kier molecular flexibility index (Phi) is 6.09. The Morgan fingerprint density at radius 2 is 2.19 bits per heavy atom. The number of hydrogen-bond donors (Lipinski definition) is 2. The minimum absolute atomic E-state index is 0.118. The van der Waals surface area contributed by atoms with Crippen LogP contribution in [-0.2, 0) is 6.42 Å². The Labute approximate surface area is 153 Å². The van der Waals surface area contributed by atoms with E-state index in [0.29, 0.717) is 6.54 Å². The molecule has 3 rings (SSSR count). The minimum atomic E-state index is 0.118. The third-order valence-corrected chi connectivity index (χ3v) is 4.04. The molecule has 1 aromatic carbocycles. The molecule has 1 atom stereocenters. The van der Waals surface area contributed by atoms with E-state index in [-0.39, 0.29) is 6.04 Å². The highest BCUT2D eigenvalue weighted by molar-refractivity contribution is 5.80. The summed E-state index contributed by atoms with van der Waals surface area (Å²) < 4.78 is 7.22. The van der Waals surface area contributed by atoms with Gasteiger partial charge in [-0.05, 0) is 49.7 Å². The van der Waals surface area contributed by atoms with E-state index in [0.717, 1.165) is 30.4 Å². The molecule has 0 amide bonds. The Morgan fingerprint density at radius 3 is 2.92 bits per heavy atom. The predicted molar refractivity (Wildman–Crippen MR) is 104 cm³/mol. The van der Waals surface area contributed by atoms with Crippen molar-refractivity contribution in [1.82, 2.24) is 20.4 Å². The summed E-state index contributed by atoms with van der Waals surface area (Å²) in [6, 6.07) is 14.2. The number of rotatable bonds is 7. The summed E-state index contributed by atoms with van der Waals surface area (Å²) in [5.74, 6) is 1.75. The molecule has 0 radical (unpaired) electrons. The van der Waals surface area contributed by atoms with Gasteiger partial charge in [0.25, 0.3) is 0 Å². The van der Waals surface area contributed by atoms with Crippen LogP contribution in [0.15, 0.2) is 70.5 Å². The van der Waals surface area contributed by atoms with Gasteiger partial charge in [-0.2, -0.15) is 5.10 Å².